The summed E-state index contributed by atoms with van der Waals surface area (Å²) in [4.78, 5) is 18.9. The standard InChI is InChI=1S/C48H50NO2PS4/c1-4-6-8-11-18-37-29-45(56-46(37)35-23-21-33(22-24-35)26-36(20-15-25-52-3)34-16-13-10-14-17-34)47-38(19-12-9-7-5-2)28-41(55-47)44-31-43-42(54-44)30-40(53-43)27-39(32-49)48(50)51/h10,13-17,21-31,52H,4-9,11-12,18-20H2,1-3H3,(H,50,51)/b25-15-,36-26-,39-27+. The SMILES string of the molecule is CCCCCCc1cc(-c2sc(-c3cc4sc(/C=C(\C#N)C(=O)O)cc4s3)cc2CCCCCC)sc1-c1ccc(/C=C(/C/C=C\PC)c2ccccc2)cc1. The normalized spacial score (nSPS) is 12.5. The Hall–Kier alpha value is -3.89. The molecule has 0 aliphatic carbocycles. The van der Waals surface area contributed by atoms with Crippen molar-refractivity contribution in [2.45, 2.75) is 84.5 Å². The van der Waals surface area contributed by atoms with E-state index in [2.05, 4.69) is 111 Å². The molecule has 8 heteroatoms. The van der Waals surface area contributed by atoms with Crippen molar-refractivity contribution >= 4 is 87.0 Å². The van der Waals surface area contributed by atoms with Crippen LogP contribution in [0.4, 0.5) is 0 Å². The highest BCUT2D eigenvalue weighted by Crippen LogP contribution is 2.48. The van der Waals surface area contributed by atoms with E-state index >= 15 is 0 Å². The Morgan fingerprint density at radius 3 is 2.02 bits per heavy atom. The molecule has 0 fully saturated rings. The molecule has 6 aromatic rings. The number of benzene rings is 2. The first-order chi connectivity index (χ1) is 27.4. The van der Waals surface area contributed by atoms with Crippen LogP contribution in [0.5, 0.6) is 0 Å². The van der Waals surface area contributed by atoms with Crippen molar-refractivity contribution in [3.8, 4) is 36.0 Å². The van der Waals surface area contributed by atoms with Crippen LogP contribution in [0, 0.1) is 11.3 Å². The molecule has 0 aliphatic rings. The lowest BCUT2D eigenvalue weighted by molar-refractivity contribution is -0.132. The zero-order valence-electron chi connectivity index (χ0n) is 32.5. The number of carboxylic acid groups (broad SMARTS) is 1. The van der Waals surface area contributed by atoms with Gasteiger partial charge in [0, 0.05) is 38.7 Å². The molecule has 0 saturated heterocycles. The van der Waals surface area contributed by atoms with E-state index in [1.165, 1.54) is 115 Å². The highest BCUT2D eigenvalue weighted by molar-refractivity contribution is 7.40. The van der Waals surface area contributed by atoms with E-state index in [0.717, 1.165) is 42.1 Å². The first kappa shape index (κ1) is 41.7. The van der Waals surface area contributed by atoms with E-state index in [0.29, 0.717) is 0 Å². The van der Waals surface area contributed by atoms with E-state index in [9.17, 15) is 15.2 Å². The van der Waals surface area contributed by atoms with E-state index in [-0.39, 0.29) is 5.57 Å². The molecule has 1 N–H and O–H groups in total. The molecule has 4 aromatic heterocycles. The topological polar surface area (TPSA) is 61.1 Å². The zero-order chi connectivity index (χ0) is 39.3. The van der Waals surface area contributed by atoms with Gasteiger partial charge in [0.05, 0.1) is 0 Å². The fraction of sp³-hybridized carbons (Fsp3) is 0.292. The maximum Gasteiger partial charge on any atom is 0.346 e. The van der Waals surface area contributed by atoms with Gasteiger partial charge in [-0.15, -0.1) is 53.9 Å². The highest BCUT2D eigenvalue weighted by atomic mass is 32.1. The molecule has 0 bridgehead atoms. The van der Waals surface area contributed by atoms with Gasteiger partial charge in [0.1, 0.15) is 11.6 Å². The van der Waals surface area contributed by atoms with Gasteiger partial charge in [-0.05, 0) is 103 Å². The third kappa shape index (κ3) is 10.9. The Kier molecular flexibility index (Phi) is 15.7. The molecular formula is C48H50NO2PS4. The number of allylic oxidation sites excluding steroid dienone is 2. The van der Waals surface area contributed by atoms with Gasteiger partial charge < -0.3 is 5.11 Å². The molecule has 1 unspecified atom stereocenters. The number of aryl methyl sites for hydroxylation is 2. The quantitative estimate of drug-likeness (QED) is 0.0274. The molecule has 1 atom stereocenters. The first-order valence-electron chi connectivity index (χ1n) is 19.7. The summed E-state index contributed by atoms with van der Waals surface area (Å²) in [5.41, 5.74) is 7.79. The number of carbonyl (C=O) groups is 1. The lowest BCUT2D eigenvalue weighted by Gasteiger charge is -2.08. The van der Waals surface area contributed by atoms with Gasteiger partial charge >= 0.3 is 5.97 Å². The summed E-state index contributed by atoms with van der Waals surface area (Å²) in [6.45, 7) is 6.76. The van der Waals surface area contributed by atoms with Crippen molar-refractivity contribution in [1.29, 1.82) is 5.26 Å². The molecule has 56 heavy (non-hydrogen) atoms. The molecule has 0 amide bonds. The van der Waals surface area contributed by atoms with Gasteiger partial charge in [-0.25, -0.2) is 4.79 Å². The monoisotopic (exact) mass is 831 g/mol. The zero-order valence-corrected chi connectivity index (χ0v) is 36.8. The van der Waals surface area contributed by atoms with Crippen molar-refractivity contribution in [3.63, 3.8) is 0 Å². The van der Waals surface area contributed by atoms with Gasteiger partial charge in [0.2, 0.25) is 0 Å². The third-order valence-electron chi connectivity index (χ3n) is 9.83. The van der Waals surface area contributed by atoms with E-state index in [4.69, 9.17) is 0 Å². The molecule has 0 aliphatic heterocycles. The Balaban J connectivity index is 1.34. The molecule has 4 heterocycles. The average molecular weight is 832 g/mol. The van der Waals surface area contributed by atoms with Gasteiger partial charge in [0.25, 0.3) is 0 Å². The van der Waals surface area contributed by atoms with Crippen LogP contribution in [-0.2, 0) is 17.6 Å². The summed E-state index contributed by atoms with van der Waals surface area (Å²) in [5, 5.41) is 18.6. The molecule has 288 valence electrons. The molecule has 0 spiro atoms. The number of nitrogens with zero attached hydrogens (tertiary/aromatic N) is 1. The number of carboxylic acids is 1. The van der Waals surface area contributed by atoms with E-state index < -0.39 is 5.97 Å². The van der Waals surface area contributed by atoms with Crippen LogP contribution in [0.3, 0.4) is 0 Å². The predicted octanol–water partition coefficient (Wildman–Crippen LogP) is 16.1. The van der Waals surface area contributed by atoms with Crippen LogP contribution < -0.4 is 0 Å². The summed E-state index contributed by atoms with van der Waals surface area (Å²) < 4.78 is 2.25. The van der Waals surface area contributed by atoms with Crippen molar-refractivity contribution in [3.05, 3.63) is 123 Å². The molecule has 3 nitrogen and oxygen atoms in total. The second kappa shape index (κ2) is 21.0. The minimum Gasteiger partial charge on any atom is -0.477 e. The second-order valence-electron chi connectivity index (χ2n) is 14.1. The maximum atomic E-state index is 11.4. The fourth-order valence-corrected chi connectivity index (χ4v) is 12.2. The molecular weight excluding hydrogens is 782 g/mol. The lowest BCUT2D eigenvalue weighted by Crippen LogP contribution is -1.96. The second-order valence-corrected chi connectivity index (χ2v) is 19.3. The molecule has 0 saturated carbocycles. The van der Waals surface area contributed by atoms with Crippen molar-refractivity contribution in [1.82, 2.24) is 0 Å². The number of aliphatic carboxylic acids is 1. The predicted molar refractivity (Wildman–Crippen MR) is 251 cm³/mol. The lowest BCUT2D eigenvalue weighted by atomic mass is 9.98. The number of hydrogen-bond acceptors (Lipinski definition) is 6. The Labute approximate surface area is 350 Å². The van der Waals surface area contributed by atoms with Crippen molar-refractivity contribution in [2.75, 3.05) is 6.66 Å². The number of unbranched alkanes of at least 4 members (excludes halogenated alkanes) is 6. The van der Waals surface area contributed by atoms with E-state index in [1.54, 1.807) is 28.7 Å². The summed E-state index contributed by atoms with van der Waals surface area (Å²) in [6.07, 6.45) is 19.1. The minimum absolute atomic E-state index is 0.240. The Bertz CT molecular complexity index is 2310. The molecule has 6 rings (SSSR count). The number of fused-ring (bicyclic) bond motifs is 1. The number of hydrogen-bond donors (Lipinski definition) is 1. The Morgan fingerprint density at radius 1 is 0.732 bits per heavy atom. The smallest absolute Gasteiger partial charge is 0.346 e. The van der Waals surface area contributed by atoms with Gasteiger partial charge in [0.15, 0.2) is 0 Å². The summed E-state index contributed by atoms with van der Waals surface area (Å²) in [6, 6.07) is 31.0. The largest absolute Gasteiger partial charge is 0.477 e. The van der Waals surface area contributed by atoms with Crippen molar-refractivity contribution < 1.29 is 9.90 Å². The van der Waals surface area contributed by atoms with Crippen LogP contribution in [0.15, 0.2) is 96.3 Å². The van der Waals surface area contributed by atoms with Crippen LogP contribution in [-0.4, -0.2) is 17.7 Å². The van der Waals surface area contributed by atoms with Crippen LogP contribution in [0.25, 0.3) is 57.1 Å². The van der Waals surface area contributed by atoms with Crippen LogP contribution >= 0.6 is 53.9 Å². The number of thiophene rings is 4. The van der Waals surface area contributed by atoms with E-state index in [1.807, 2.05) is 28.7 Å². The van der Waals surface area contributed by atoms with Crippen LogP contribution in [0.2, 0.25) is 0 Å². The molecule has 0 radical (unpaired) electrons. The first-order valence-corrected chi connectivity index (χ1v) is 24.6. The van der Waals surface area contributed by atoms with Gasteiger partial charge in [-0.2, -0.15) is 5.26 Å². The van der Waals surface area contributed by atoms with Crippen molar-refractivity contribution in [2.24, 2.45) is 0 Å². The summed E-state index contributed by atoms with van der Waals surface area (Å²) in [5.74, 6) is 1.08. The summed E-state index contributed by atoms with van der Waals surface area (Å²) in [7, 11) is 0.813. The number of nitriles is 1. The highest BCUT2D eigenvalue weighted by Gasteiger charge is 2.20. The molecule has 2 aromatic carbocycles. The maximum absolute atomic E-state index is 11.4. The van der Waals surface area contributed by atoms with Gasteiger partial charge in [-0.1, -0.05) is 125 Å². The minimum atomic E-state index is -1.19. The van der Waals surface area contributed by atoms with Crippen LogP contribution in [0.1, 0.15) is 98.8 Å². The van der Waals surface area contributed by atoms with Gasteiger partial charge in [-0.3, -0.25) is 0 Å². The average Bonchev–Trinajstić information content (AvgIpc) is 4.00. The fourth-order valence-electron chi connectivity index (χ4n) is 6.88. The third-order valence-corrected chi connectivity index (χ3v) is 15.4. The number of rotatable bonds is 20. The summed E-state index contributed by atoms with van der Waals surface area (Å²) >= 11 is 7.16. The Morgan fingerprint density at radius 2 is 1.38 bits per heavy atom.